The number of thioether (sulfide) groups is 1. The van der Waals surface area contributed by atoms with Gasteiger partial charge >= 0.3 is 5.24 Å². The zero-order valence-corrected chi connectivity index (χ0v) is 15.4. The van der Waals surface area contributed by atoms with Gasteiger partial charge in [-0.2, -0.15) is 5.10 Å². The molecule has 0 bridgehead atoms. The average Bonchev–Trinajstić information content (AvgIpc) is 3.29. The highest BCUT2D eigenvalue weighted by Gasteiger charge is 2.23. The number of amides is 2. The van der Waals surface area contributed by atoms with Gasteiger partial charge in [-0.15, -0.1) is 0 Å². The molecule has 2 amide bonds. The maximum absolute atomic E-state index is 12.0. The number of carbonyl (C=O) groups is 2. The SMILES string of the molecule is Cn1c(-c2ccco2)nc2cc(C3=NN(CCC(N)=O)C(=O)SC3)ccc21. The number of primary amides is 1. The zero-order valence-electron chi connectivity index (χ0n) is 14.6. The first kappa shape index (κ1) is 17.3. The minimum atomic E-state index is -0.463. The summed E-state index contributed by atoms with van der Waals surface area (Å²) < 4.78 is 7.43. The van der Waals surface area contributed by atoms with Crippen LogP contribution in [0.25, 0.3) is 22.6 Å². The molecule has 0 atom stereocenters. The summed E-state index contributed by atoms with van der Waals surface area (Å²) in [5, 5.41) is 5.53. The monoisotopic (exact) mass is 383 g/mol. The summed E-state index contributed by atoms with van der Waals surface area (Å²) in [4.78, 5) is 27.6. The second-order valence-corrected chi connectivity index (χ2v) is 7.04. The number of rotatable bonds is 5. The minimum absolute atomic E-state index is 0.0782. The van der Waals surface area contributed by atoms with Crippen molar-refractivity contribution >= 4 is 39.7 Å². The van der Waals surface area contributed by atoms with E-state index in [-0.39, 0.29) is 18.2 Å². The van der Waals surface area contributed by atoms with Crippen LogP contribution in [0, 0.1) is 0 Å². The van der Waals surface area contributed by atoms with Crippen molar-refractivity contribution in [1.29, 1.82) is 0 Å². The lowest BCUT2D eigenvalue weighted by Gasteiger charge is -2.22. The van der Waals surface area contributed by atoms with E-state index in [9.17, 15) is 9.59 Å². The van der Waals surface area contributed by atoms with Gasteiger partial charge in [-0.1, -0.05) is 17.8 Å². The summed E-state index contributed by atoms with van der Waals surface area (Å²) in [6.45, 7) is 0.180. The number of hydrazone groups is 1. The van der Waals surface area contributed by atoms with Crippen LogP contribution in [0.5, 0.6) is 0 Å². The summed E-state index contributed by atoms with van der Waals surface area (Å²) in [6.07, 6.45) is 1.70. The lowest BCUT2D eigenvalue weighted by Crippen LogP contribution is -2.32. The standard InChI is InChI=1S/C18H17N5O3S/c1-22-14-5-4-11(9-12(14)20-17(22)15-3-2-8-26-15)13-10-27-18(25)23(21-13)7-6-16(19)24/h2-5,8-9H,6-7,10H2,1H3,(H2,19,24). The van der Waals surface area contributed by atoms with Gasteiger partial charge in [0.15, 0.2) is 11.6 Å². The van der Waals surface area contributed by atoms with Gasteiger partial charge in [0, 0.05) is 24.8 Å². The van der Waals surface area contributed by atoms with Crippen LogP contribution in [0.2, 0.25) is 0 Å². The molecule has 3 aromatic rings. The second kappa shape index (κ2) is 6.92. The fourth-order valence-corrected chi connectivity index (χ4v) is 3.69. The predicted molar refractivity (Wildman–Crippen MR) is 103 cm³/mol. The van der Waals surface area contributed by atoms with Crippen molar-refractivity contribution in [2.75, 3.05) is 12.3 Å². The third kappa shape index (κ3) is 3.33. The average molecular weight is 383 g/mol. The smallest absolute Gasteiger partial charge is 0.302 e. The van der Waals surface area contributed by atoms with Gasteiger partial charge in [0.25, 0.3) is 0 Å². The molecule has 4 rings (SSSR count). The molecule has 1 aromatic carbocycles. The third-order valence-corrected chi connectivity index (χ3v) is 5.19. The van der Waals surface area contributed by atoms with Crippen LogP contribution in [0.3, 0.4) is 0 Å². The number of nitrogens with two attached hydrogens (primary N) is 1. The lowest BCUT2D eigenvalue weighted by atomic mass is 10.1. The Labute approximate surface area is 159 Å². The number of hydrogen-bond acceptors (Lipinski definition) is 6. The fourth-order valence-electron chi connectivity index (χ4n) is 2.92. The Morgan fingerprint density at radius 2 is 2.22 bits per heavy atom. The van der Waals surface area contributed by atoms with Crippen molar-refractivity contribution in [3.05, 3.63) is 42.2 Å². The van der Waals surface area contributed by atoms with Crippen molar-refractivity contribution in [3.63, 3.8) is 0 Å². The molecule has 0 spiro atoms. The van der Waals surface area contributed by atoms with E-state index in [1.165, 1.54) is 5.01 Å². The molecule has 0 saturated heterocycles. The van der Waals surface area contributed by atoms with Gasteiger partial charge in [-0.25, -0.2) is 9.99 Å². The number of hydrogen-bond donors (Lipinski definition) is 1. The van der Waals surface area contributed by atoms with Crippen LogP contribution in [-0.4, -0.2) is 43.7 Å². The molecule has 8 nitrogen and oxygen atoms in total. The zero-order chi connectivity index (χ0) is 19.0. The van der Waals surface area contributed by atoms with Gasteiger partial charge < -0.3 is 14.7 Å². The van der Waals surface area contributed by atoms with Gasteiger partial charge in [0.2, 0.25) is 5.91 Å². The Morgan fingerprint density at radius 1 is 1.37 bits per heavy atom. The van der Waals surface area contributed by atoms with Gasteiger partial charge in [-0.05, 0) is 24.3 Å². The molecule has 1 aliphatic rings. The summed E-state index contributed by atoms with van der Waals surface area (Å²) in [7, 11) is 1.94. The van der Waals surface area contributed by atoms with E-state index in [1.807, 2.05) is 41.9 Å². The van der Waals surface area contributed by atoms with E-state index >= 15 is 0 Å². The fraction of sp³-hybridized carbons (Fsp3) is 0.222. The molecule has 0 aliphatic carbocycles. The third-order valence-electron chi connectivity index (χ3n) is 4.31. The summed E-state index contributed by atoms with van der Waals surface area (Å²) in [5.74, 6) is 1.44. The van der Waals surface area contributed by atoms with Crippen molar-refractivity contribution < 1.29 is 14.0 Å². The number of aromatic nitrogens is 2. The van der Waals surface area contributed by atoms with Crippen molar-refractivity contribution in [3.8, 4) is 11.6 Å². The first-order valence-corrected chi connectivity index (χ1v) is 9.32. The molecule has 2 aromatic heterocycles. The normalized spacial score (nSPS) is 14.6. The molecule has 1 aliphatic heterocycles. The highest BCUT2D eigenvalue weighted by atomic mass is 32.2. The number of imidazole rings is 1. The van der Waals surface area contributed by atoms with E-state index in [0.717, 1.165) is 39.9 Å². The molecular formula is C18H17N5O3S. The van der Waals surface area contributed by atoms with E-state index < -0.39 is 5.91 Å². The second-order valence-electron chi connectivity index (χ2n) is 6.12. The van der Waals surface area contributed by atoms with Crippen molar-refractivity contribution in [1.82, 2.24) is 14.6 Å². The quantitative estimate of drug-likeness (QED) is 0.729. The Balaban J connectivity index is 1.68. The predicted octanol–water partition coefficient (Wildman–Crippen LogP) is 2.58. The first-order valence-electron chi connectivity index (χ1n) is 8.34. The van der Waals surface area contributed by atoms with Crippen LogP contribution in [0.1, 0.15) is 12.0 Å². The van der Waals surface area contributed by atoms with E-state index in [4.69, 9.17) is 10.2 Å². The van der Waals surface area contributed by atoms with Crippen LogP contribution in [0.15, 0.2) is 46.1 Å². The number of fused-ring (bicyclic) bond motifs is 1. The van der Waals surface area contributed by atoms with E-state index in [0.29, 0.717) is 11.5 Å². The maximum atomic E-state index is 12.0. The summed E-state index contributed by atoms with van der Waals surface area (Å²) in [5.41, 5.74) is 8.60. The lowest BCUT2D eigenvalue weighted by molar-refractivity contribution is -0.118. The molecule has 0 fully saturated rings. The van der Waals surface area contributed by atoms with Crippen LogP contribution in [-0.2, 0) is 11.8 Å². The topological polar surface area (TPSA) is 107 Å². The van der Waals surface area contributed by atoms with Crippen molar-refractivity contribution in [2.45, 2.75) is 6.42 Å². The van der Waals surface area contributed by atoms with Crippen LogP contribution < -0.4 is 5.73 Å². The number of nitrogens with zero attached hydrogens (tertiary/aromatic N) is 4. The highest BCUT2D eigenvalue weighted by Crippen LogP contribution is 2.26. The number of aryl methyl sites for hydroxylation is 1. The Kier molecular flexibility index (Phi) is 4.44. The van der Waals surface area contributed by atoms with Gasteiger partial charge in [-0.3, -0.25) is 9.59 Å². The van der Waals surface area contributed by atoms with Crippen LogP contribution >= 0.6 is 11.8 Å². The highest BCUT2D eigenvalue weighted by molar-refractivity contribution is 8.14. The van der Waals surface area contributed by atoms with E-state index in [2.05, 4.69) is 10.1 Å². The Morgan fingerprint density at radius 3 is 2.96 bits per heavy atom. The minimum Gasteiger partial charge on any atom is -0.461 e. The molecule has 27 heavy (non-hydrogen) atoms. The molecule has 0 unspecified atom stereocenters. The Hall–Kier alpha value is -3.07. The summed E-state index contributed by atoms with van der Waals surface area (Å²) in [6, 6.07) is 9.57. The van der Waals surface area contributed by atoms with Crippen LogP contribution in [0.4, 0.5) is 4.79 Å². The molecule has 2 N–H and O–H groups in total. The summed E-state index contributed by atoms with van der Waals surface area (Å²) >= 11 is 1.16. The number of benzene rings is 1. The molecule has 0 radical (unpaired) electrons. The number of carbonyl (C=O) groups excluding carboxylic acids is 2. The number of furan rings is 1. The molecule has 138 valence electrons. The van der Waals surface area contributed by atoms with Gasteiger partial charge in [0.05, 0.1) is 29.6 Å². The molecule has 9 heteroatoms. The van der Waals surface area contributed by atoms with Gasteiger partial charge in [0.1, 0.15) is 0 Å². The first-order chi connectivity index (χ1) is 13.0. The van der Waals surface area contributed by atoms with Crippen molar-refractivity contribution in [2.24, 2.45) is 17.9 Å². The molecule has 3 heterocycles. The molecule has 0 saturated carbocycles. The molecular weight excluding hydrogens is 366 g/mol. The Bertz CT molecular complexity index is 1050. The largest absolute Gasteiger partial charge is 0.461 e. The van der Waals surface area contributed by atoms with E-state index in [1.54, 1.807) is 6.26 Å². The maximum Gasteiger partial charge on any atom is 0.302 e.